The lowest BCUT2D eigenvalue weighted by Crippen LogP contribution is -2.56. The Morgan fingerprint density at radius 2 is 1.95 bits per heavy atom. The topological polar surface area (TPSA) is 129 Å². The van der Waals surface area contributed by atoms with Gasteiger partial charge in [-0.1, -0.05) is 26.3 Å². The minimum atomic E-state index is -1.46. The summed E-state index contributed by atoms with van der Waals surface area (Å²) in [6, 6.07) is 1.78. The Labute approximate surface area is 220 Å². The Balaban J connectivity index is 1.59. The molecule has 1 aliphatic heterocycles. The van der Waals surface area contributed by atoms with Gasteiger partial charge in [0.15, 0.2) is 11.9 Å². The average Bonchev–Trinajstić information content (AvgIpc) is 3.48. The molecule has 9 heteroatoms. The van der Waals surface area contributed by atoms with Gasteiger partial charge in [-0.3, -0.25) is 19.2 Å². The quantitative estimate of drug-likeness (QED) is 0.356. The summed E-state index contributed by atoms with van der Waals surface area (Å²) in [6.07, 6.45) is 2.92. The van der Waals surface area contributed by atoms with Crippen molar-refractivity contribution < 1.29 is 42.9 Å². The Hall–Kier alpha value is -2.94. The number of rotatable bonds is 4. The molecule has 6 rings (SSSR count). The second-order valence-corrected chi connectivity index (χ2v) is 12.6. The number of carbonyl (C=O) groups excluding carboxylic acids is 4. The molecule has 0 amide bonds. The highest BCUT2D eigenvalue weighted by molar-refractivity contribution is 5.95. The number of hydrogen-bond donors (Lipinski definition) is 1. The van der Waals surface area contributed by atoms with Crippen LogP contribution in [0.25, 0.3) is 0 Å². The van der Waals surface area contributed by atoms with Crippen LogP contribution in [-0.2, 0) is 33.4 Å². The molecular weight excluding hydrogens is 492 g/mol. The number of cyclic esters (lactones) is 1. The number of ketones is 1. The van der Waals surface area contributed by atoms with Crippen LogP contribution in [0.3, 0.4) is 0 Å². The lowest BCUT2D eigenvalue weighted by Gasteiger charge is -2.52. The predicted molar refractivity (Wildman–Crippen MR) is 130 cm³/mol. The van der Waals surface area contributed by atoms with Gasteiger partial charge in [0.1, 0.15) is 6.10 Å². The Bertz CT molecular complexity index is 1280. The van der Waals surface area contributed by atoms with E-state index >= 15 is 0 Å². The first-order chi connectivity index (χ1) is 17.8. The Kier molecular flexibility index (Phi) is 5.21. The predicted octanol–water partition coefficient (Wildman–Crippen LogP) is 3.45. The van der Waals surface area contributed by atoms with E-state index in [2.05, 4.69) is 0 Å². The number of methoxy groups -OCH3 is 1. The van der Waals surface area contributed by atoms with E-state index in [1.165, 1.54) is 20.3 Å². The molecule has 204 valence electrons. The fourth-order valence-corrected chi connectivity index (χ4v) is 9.48. The highest BCUT2D eigenvalue weighted by Gasteiger charge is 2.83. The second-order valence-electron chi connectivity index (χ2n) is 12.6. The molecule has 0 unspecified atom stereocenters. The summed E-state index contributed by atoms with van der Waals surface area (Å²) in [7, 11) is 1.32. The maximum atomic E-state index is 14.3. The van der Waals surface area contributed by atoms with Crippen molar-refractivity contribution in [2.45, 2.75) is 77.6 Å². The van der Waals surface area contributed by atoms with E-state index in [0.29, 0.717) is 12.8 Å². The summed E-state index contributed by atoms with van der Waals surface area (Å²) in [4.78, 5) is 52.2. The van der Waals surface area contributed by atoms with Crippen molar-refractivity contribution in [2.24, 2.45) is 34.0 Å². The monoisotopic (exact) mass is 526 g/mol. The molecule has 1 aromatic heterocycles. The molecule has 9 atom stereocenters. The van der Waals surface area contributed by atoms with Crippen LogP contribution in [0.5, 0.6) is 0 Å². The van der Waals surface area contributed by atoms with Crippen LogP contribution in [0.1, 0.15) is 71.5 Å². The van der Waals surface area contributed by atoms with Crippen LogP contribution < -0.4 is 0 Å². The van der Waals surface area contributed by atoms with Gasteiger partial charge in [0, 0.05) is 35.2 Å². The van der Waals surface area contributed by atoms with Crippen LogP contribution >= 0.6 is 0 Å². The number of hydrogen-bond acceptors (Lipinski definition) is 9. The summed E-state index contributed by atoms with van der Waals surface area (Å²) in [5.74, 6) is -3.45. The fourth-order valence-electron chi connectivity index (χ4n) is 9.48. The summed E-state index contributed by atoms with van der Waals surface area (Å²) < 4.78 is 21.9. The van der Waals surface area contributed by atoms with Crippen molar-refractivity contribution in [3.05, 3.63) is 35.3 Å². The van der Waals surface area contributed by atoms with Crippen LogP contribution in [0.4, 0.5) is 0 Å². The molecule has 9 nitrogen and oxygen atoms in total. The number of Topliss-reactive ketones (excluding diaryl/α,β-unsaturated/α-hetero) is 1. The molecule has 0 spiro atoms. The first kappa shape index (κ1) is 25.3. The third kappa shape index (κ3) is 2.86. The van der Waals surface area contributed by atoms with Crippen LogP contribution in [-0.4, -0.2) is 47.6 Å². The molecule has 2 bridgehead atoms. The van der Waals surface area contributed by atoms with Gasteiger partial charge in [-0.25, -0.2) is 0 Å². The Morgan fingerprint density at radius 3 is 2.58 bits per heavy atom. The molecule has 0 radical (unpaired) electrons. The number of esters is 3. The zero-order valence-electron chi connectivity index (χ0n) is 22.4. The van der Waals surface area contributed by atoms with E-state index in [-0.39, 0.29) is 31.0 Å². The van der Waals surface area contributed by atoms with Gasteiger partial charge >= 0.3 is 17.9 Å². The molecule has 0 aromatic carbocycles. The molecule has 5 aliphatic rings. The lowest BCUT2D eigenvalue weighted by molar-refractivity contribution is -0.174. The largest absolute Gasteiger partial charge is 0.472 e. The third-order valence-corrected chi connectivity index (χ3v) is 11.0. The van der Waals surface area contributed by atoms with Crippen molar-refractivity contribution in [1.82, 2.24) is 0 Å². The number of ether oxygens (including phenoxy) is 3. The fraction of sp³-hybridized carbons (Fsp3) is 0.655. The average molecular weight is 527 g/mol. The van der Waals surface area contributed by atoms with Gasteiger partial charge < -0.3 is 23.7 Å². The maximum Gasteiger partial charge on any atom is 0.310 e. The lowest BCUT2D eigenvalue weighted by atomic mass is 9.54. The van der Waals surface area contributed by atoms with Crippen molar-refractivity contribution in [1.29, 1.82) is 0 Å². The maximum absolute atomic E-state index is 14.3. The Morgan fingerprint density at radius 1 is 1.21 bits per heavy atom. The highest BCUT2D eigenvalue weighted by atomic mass is 16.6. The van der Waals surface area contributed by atoms with E-state index in [9.17, 15) is 24.3 Å². The number of aliphatic hydroxyl groups is 1. The van der Waals surface area contributed by atoms with Crippen molar-refractivity contribution in [3.8, 4) is 0 Å². The molecule has 4 aliphatic carbocycles. The van der Waals surface area contributed by atoms with Crippen molar-refractivity contribution in [3.63, 3.8) is 0 Å². The van der Waals surface area contributed by atoms with Gasteiger partial charge in [-0.15, -0.1) is 0 Å². The standard InChI is InChI=1S/C29H34O9/c1-14(30)37-25-23(33)22-21-16(28(4)18(11-19(31)35-5)27(25,3)13-29(22,28)34)6-8-26(2)17(21)10-20(32)38-24(26)15-7-9-36-12-15/h7,9,12,16,18,22,24-25,34H,6,8,10-11,13H2,1-5H3/t16-,18-,22-,24-,25+,26+,27+,28+,29-/m0/s1. The van der Waals surface area contributed by atoms with Crippen LogP contribution in [0.15, 0.2) is 34.2 Å². The zero-order chi connectivity index (χ0) is 27.4. The molecule has 2 heterocycles. The van der Waals surface area contributed by atoms with Crippen molar-refractivity contribution in [2.75, 3.05) is 7.11 Å². The van der Waals surface area contributed by atoms with E-state index in [1.807, 2.05) is 20.8 Å². The number of furan rings is 1. The van der Waals surface area contributed by atoms with E-state index < -0.39 is 63.8 Å². The van der Waals surface area contributed by atoms with Crippen LogP contribution in [0.2, 0.25) is 0 Å². The summed E-state index contributed by atoms with van der Waals surface area (Å²) in [6.45, 7) is 7.12. The smallest absolute Gasteiger partial charge is 0.310 e. The first-order valence-corrected chi connectivity index (χ1v) is 13.3. The zero-order valence-corrected chi connectivity index (χ0v) is 22.4. The van der Waals surface area contributed by atoms with Crippen LogP contribution in [0, 0.1) is 34.0 Å². The third-order valence-electron chi connectivity index (χ3n) is 11.0. The minimum absolute atomic E-state index is 0.0142. The van der Waals surface area contributed by atoms with Gasteiger partial charge in [0.2, 0.25) is 0 Å². The molecule has 1 N–H and O–H groups in total. The minimum Gasteiger partial charge on any atom is -0.472 e. The molecule has 3 saturated carbocycles. The van der Waals surface area contributed by atoms with Gasteiger partial charge in [0.05, 0.1) is 37.6 Å². The van der Waals surface area contributed by atoms with Gasteiger partial charge in [-0.05, 0) is 42.7 Å². The van der Waals surface area contributed by atoms with Gasteiger partial charge in [0.25, 0.3) is 0 Å². The van der Waals surface area contributed by atoms with E-state index in [0.717, 1.165) is 16.7 Å². The molecule has 38 heavy (non-hydrogen) atoms. The van der Waals surface area contributed by atoms with E-state index in [1.54, 1.807) is 12.3 Å². The highest BCUT2D eigenvalue weighted by Crippen LogP contribution is 2.79. The molecular formula is C29H34O9. The molecule has 4 fully saturated rings. The molecule has 1 aromatic rings. The normalized spacial score (nSPS) is 44.8. The van der Waals surface area contributed by atoms with E-state index in [4.69, 9.17) is 18.6 Å². The summed E-state index contributed by atoms with van der Waals surface area (Å²) in [5, 5.41) is 12.6. The number of carbonyl (C=O) groups is 4. The van der Waals surface area contributed by atoms with Crippen molar-refractivity contribution >= 4 is 23.7 Å². The number of fused-ring (bicyclic) bond motifs is 5. The SMILES string of the molecule is COC(=O)C[C@H]1[C@@]2(C)C[C@]3(O)[C@H](C(=O)[C@H]2OC(C)=O)C2=C4CC(=O)O[C@@H](c5ccoc5)[C@]4(C)CC[C@@H]2[C@]13C. The summed E-state index contributed by atoms with van der Waals surface area (Å²) in [5.41, 5.74) is -1.55. The second kappa shape index (κ2) is 7.81. The first-order valence-electron chi connectivity index (χ1n) is 13.3. The van der Waals surface area contributed by atoms with Gasteiger partial charge in [-0.2, -0.15) is 0 Å². The summed E-state index contributed by atoms with van der Waals surface area (Å²) >= 11 is 0. The molecule has 1 saturated heterocycles.